The van der Waals surface area contributed by atoms with Crippen LogP contribution in [0.1, 0.15) is 26.2 Å². The van der Waals surface area contributed by atoms with Crippen LogP contribution in [0.5, 0.6) is 0 Å². The zero-order chi connectivity index (χ0) is 10.2. The summed E-state index contributed by atoms with van der Waals surface area (Å²) in [5.74, 6) is 0. The fourth-order valence-corrected chi connectivity index (χ4v) is 2.23. The smallest absolute Gasteiger partial charge is 0.135 e. The molecule has 0 bridgehead atoms. The van der Waals surface area contributed by atoms with Gasteiger partial charge in [0.25, 0.3) is 0 Å². The Morgan fingerprint density at radius 2 is 2.14 bits per heavy atom. The van der Waals surface area contributed by atoms with E-state index in [1.54, 1.807) is 6.92 Å². The van der Waals surface area contributed by atoms with E-state index in [2.05, 4.69) is 10.6 Å². The third-order valence-electron chi connectivity index (χ3n) is 3.32. The summed E-state index contributed by atoms with van der Waals surface area (Å²) in [6, 6.07) is 0.0874. The Morgan fingerprint density at radius 1 is 1.43 bits per heavy atom. The monoisotopic (exact) mass is 204 g/mol. The molecule has 1 saturated heterocycles. The Balaban J connectivity index is 1.83. The molecule has 0 aromatic carbocycles. The normalized spacial score (nSPS) is 48.6. The van der Waals surface area contributed by atoms with Crippen LogP contribution in [0.25, 0.3) is 0 Å². The second-order valence-corrected chi connectivity index (χ2v) is 4.73. The van der Waals surface area contributed by atoms with Crippen molar-refractivity contribution < 1.29 is 8.78 Å². The van der Waals surface area contributed by atoms with Crippen LogP contribution < -0.4 is 10.6 Å². The Labute approximate surface area is 83.4 Å². The van der Waals surface area contributed by atoms with Gasteiger partial charge in [-0.25, -0.2) is 8.78 Å². The van der Waals surface area contributed by atoms with Gasteiger partial charge in [-0.15, -0.1) is 0 Å². The van der Waals surface area contributed by atoms with Crippen molar-refractivity contribution in [3.05, 3.63) is 0 Å². The van der Waals surface area contributed by atoms with Crippen LogP contribution in [0.2, 0.25) is 0 Å². The molecular weight excluding hydrogens is 186 g/mol. The van der Waals surface area contributed by atoms with Crippen LogP contribution in [0.4, 0.5) is 8.78 Å². The Morgan fingerprint density at radius 3 is 2.71 bits per heavy atom. The van der Waals surface area contributed by atoms with Crippen LogP contribution >= 0.6 is 0 Å². The second kappa shape index (κ2) is 3.74. The Hall–Kier alpha value is -0.220. The van der Waals surface area contributed by atoms with E-state index in [9.17, 15) is 8.78 Å². The molecule has 2 rings (SSSR count). The maximum absolute atomic E-state index is 13.9. The average Bonchev–Trinajstić information content (AvgIpc) is 2.05. The molecule has 1 heterocycles. The molecule has 2 aliphatic rings. The fraction of sp³-hybridized carbons (Fsp3) is 1.00. The molecule has 1 aliphatic carbocycles. The molecule has 0 aromatic rings. The van der Waals surface area contributed by atoms with E-state index in [0.29, 0.717) is 19.4 Å². The third kappa shape index (κ3) is 2.06. The van der Waals surface area contributed by atoms with Gasteiger partial charge in [-0.1, -0.05) is 0 Å². The van der Waals surface area contributed by atoms with Crippen LogP contribution in [-0.2, 0) is 0 Å². The van der Waals surface area contributed by atoms with Gasteiger partial charge in [0.1, 0.15) is 11.8 Å². The molecule has 1 saturated carbocycles. The van der Waals surface area contributed by atoms with Crippen molar-refractivity contribution in [2.45, 2.75) is 50.1 Å². The zero-order valence-electron chi connectivity index (χ0n) is 8.52. The molecule has 2 fully saturated rings. The largest absolute Gasteiger partial charge is 0.313 e. The number of piperidine rings is 1. The number of hydrogen-bond donors (Lipinski definition) is 2. The van der Waals surface area contributed by atoms with Crippen molar-refractivity contribution in [1.82, 2.24) is 10.6 Å². The van der Waals surface area contributed by atoms with Gasteiger partial charge in [0, 0.05) is 18.6 Å². The molecule has 0 aromatic heterocycles. The highest BCUT2D eigenvalue weighted by Gasteiger charge is 2.40. The molecule has 0 spiro atoms. The number of nitrogens with one attached hydrogen (secondary N) is 2. The van der Waals surface area contributed by atoms with E-state index in [1.165, 1.54) is 0 Å². The van der Waals surface area contributed by atoms with Gasteiger partial charge in [-0.05, 0) is 32.7 Å². The van der Waals surface area contributed by atoms with Gasteiger partial charge in [0.05, 0.1) is 0 Å². The van der Waals surface area contributed by atoms with Crippen molar-refractivity contribution in [2.24, 2.45) is 0 Å². The van der Waals surface area contributed by atoms with E-state index in [0.717, 1.165) is 13.0 Å². The van der Waals surface area contributed by atoms with E-state index >= 15 is 0 Å². The summed E-state index contributed by atoms with van der Waals surface area (Å²) < 4.78 is 26.5. The summed E-state index contributed by atoms with van der Waals surface area (Å²) in [4.78, 5) is 0. The first kappa shape index (κ1) is 10.3. The molecule has 0 amide bonds. The van der Waals surface area contributed by atoms with Crippen LogP contribution in [-0.4, -0.2) is 37.0 Å². The highest BCUT2D eigenvalue weighted by molar-refractivity contribution is 4.98. The Bertz CT molecular complexity index is 202. The lowest BCUT2D eigenvalue weighted by Gasteiger charge is -2.41. The van der Waals surface area contributed by atoms with Crippen molar-refractivity contribution in [3.63, 3.8) is 0 Å². The minimum atomic E-state index is -1.19. The first-order valence-electron chi connectivity index (χ1n) is 5.38. The molecule has 1 aliphatic heterocycles. The quantitative estimate of drug-likeness (QED) is 0.705. The summed E-state index contributed by atoms with van der Waals surface area (Å²) in [6.45, 7) is 2.86. The summed E-state index contributed by atoms with van der Waals surface area (Å²) in [5.41, 5.74) is -1.19. The maximum atomic E-state index is 13.9. The van der Waals surface area contributed by atoms with Crippen molar-refractivity contribution in [1.29, 1.82) is 0 Å². The average molecular weight is 204 g/mol. The summed E-state index contributed by atoms with van der Waals surface area (Å²) in [5, 5.41) is 6.25. The fourth-order valence-electron chi connectivity index (χ4n) is 2.23. The van der Waals surface area contributed by atoms with Crippen LogP contribution in [0, 0.1) is 0 Å². The summed E-state index contributed by atoms with van der Waals surface area (Å²) >= 11 is 0. The predicted molar refractivity (Wildman–Crippen MR) is 51.8 cm³/mol. The van der Waals surface area contributed by atoms with Crippen molar-refractivity contribution in [3.8, 4) is 0 Å². The van der Waals surface area contributed by atoms with E-state index in [4.69, 9.17) is 0 Å². The van der Waals surface area contributed by atoms with Gasteiger partial charge in [-0.2, -0.15) is 0 Å². The molecule has 0 radical (unpaired) electrons. The predicted octanol–water partition coefficient (Wildman–Crippen LogP) is 1.17. The molecule has 2 nitrogen and oxygen atoms in total. The second-order valence-electron chi connectivity index (χ2n) is 4.73. The summed E-state index contributed by atoms with van der Waals surface area (Å²) in [6.07, 6.45) is 1.24. The Kier molecular flexibility index (Phi) is 2.75. The third-order valence-corrected chi connectivity index (χ3v) is 3.32. The lowest BCUT2D eigenvalue weighted by Crippen LogP contribution is -2.60. The molecule has 4 heteroatoms. The zero-order valence-corrected chi connectivity index (χ0v) is 8.52. The molecular formula is C10H18F2N2. The van der Waals surface area contributed by atoms with E-state index in [1.807, 2.05) is 0 Å². The number of halogens is 2. The number of alkyl halides is 2. The molecule has 2 unspecified atom stereocenters. The first-order valence-corrected chi connectivity index (χ1v) is 5.38. The van der Waals surface area contributed by atoms with Gasteiger partial charge in [0.15, 0.2) is 0 Å². The molecule has 2 atom stereocenters. The lowest BCUT2D eigenvalue weighted by atomic mass is 9.86. The maximum Gasteiger partial charge on any atom is 0.135 e. The highest BCUT2D eigenvalue weighted by atomic mass is 19.1. The van der Waals surface area contributed by atoms with Gasteiger partial charge in [-0.3, -0.25) is 0 Å². The standard InChI is InChI=1S/C10H18F2N2/c1-10(12)6-13-3-2-9(10)14-8-4-7(11)5-8/h7-9,13-14H,2-6H2,1H3. The minimum Gasteiger partial charge on any atom is -0.313 e. The molecule has 2 N–H and O–H groups in total. The number of hydrogen-bond acceptors (Lipinski definition) is 2. The van der Waals surface area contributed by atoms with Crippen molar-refractivity contribution in [2.75, 3.05) is 13.1 Å². The molecule has 82 valence electrons. The van der Waals surface area contributed by atoms with Gasteiger partial charge in [0.2, 0.25) is 0 Å². The number of rotatable bonds is 2. The van der Waals surface area contributed by atoms with Crippen LogP contribution in [0.3, 0.4) is 0 Å². The van der Waals surface area contributed by atoms with Crippen molar-refractivity contribution >= 4 is 0 Å². The van der Waals surface area contributed by atoms with Gasteiger partial charge < -0.3 is 10.6 Å². The topological polar surface area (TPSA) is 24.1 Å². The summed E-state index contributed by atoms with van der Waals surface area (Å²) in [7, 11) is 0. The van der Waals surface area contributed by atoms with E-state index < -0.39 is 11.8 Å². The van der Waals surface area contributed by atoms with Gasteiger partial charge >= 0.3 is 0 Å². The first-order chi connectivity index (χ1) is 6.58. The lowest BCUT2D eigenvalue weighted by molar-refractivity contribution is 0.0619. The molecule has 14 heavy (non-hydrogen) atoms. The SMILES string of the molecule is CC1(F)CNCCC1NC1CC(F)C1. The minimum absolute atomic E-state index is 0.110. The highest BCUT2D eigenvalue weighted by Crippen LogP contribution is 2.27. The van der Waals surface area contributed by atoms with E-state index in [-0.39, 0.29) is 12.1 Å². The van der Waals surface area contributed by atoms with Crippen LogP contribution in [0.15, 0.2) is 0 Å².